The number of carbonyl (C=O) groups excluding carboxylic acids is 2. The fraction of sp³-hybridized carbons (Fsp3) is 0.172. The molecule has 5 rings (SSSR count). The van der Waals surface area contributed by atoms with Gasteiger partial charge < -0.3 is 19.5 Å². The van der Waals surface area contributed by atoms with E-state index in [1.165, 1.54) is 26.4 Å². The number of ether oxygens (including phenoxy) is 3. The van der Waals surface area contributed by atoms with E-state index in [1.54, 1.807) is 37.3 Å². The van der Waals surface area contributed by atoms with Crippen molar-refractivity contribution in [3.63, 3.8) is 0 Å². The molecular formula is C29H23BrFNO5. The summed E-state index contributed by atoms with van der Waals surface area (Å²) in [7, 11) is 2.82. The van der Waals surface area contributed by atoms with Gasteiger partial charge in [0.15, 0.2) is 17.3 Å². The highest BCUT2D eigenvalue weighted by Crippen LogP contribution is 2.49. The molecule has 0 fully saturated rings. The number of benzene rings is 3. The normalized spacial score (nSPS) is 16.2. The van der Waals surface area contributed by atoms with Crippen LogP contribution in [0.1, 0.15) is 39.9 Å². The molecule has 8 heteroatoms. The van der Waals surface area contributed by atoms with E-state index >= 15 is 0 Å². The number of nitrogens with one attached hydrogen (secondary N) is 1. The first-order valence-electron chi connectivity index (χ1n) is 11.5. The lowest BCUT2D eigenvalue weighted by Gasteiger charge is -2.29. The largest absolute Gasteiger partial charge is 0.493 e. The van der Waals surface area contributed by atoms with Crippen LogP contribution in [0, 0.1) is 5.82 Å². The Hall–Kier alpha value is -3.91. The summed E-state index contributed by atoms with van der Waals surface area (Å²) in [6.07, 6.45) is 0. The van der Waals surface area contributed by atoms with Crippen LogP contribution >= 0.6 is 15.9 Å². The molecule has 0 saturated carbocycles. The lowest BCUT2D eigenvalue weighted by molar-refractivity contribution is -0.136. The van der Waals surface area contributed by atoms with Crippen molar-refractivity contribution in [2.75, 3.05) is 14.2 Å². The molecule has 3 aromatic rings. The third-order valence-corrected chi connectivity index (χ3v) is 7.10. The van der Waals surface area contributed by atoms with Gasteiger partial charge in [-0.2, -0.15) is 0 Å². The van der Waals surface area contributed by atoms with E-state index in [2.05, 4.69) is 21.2 Å². The highest BCUT2D eigenvalue weighted by molar-refractivity contribution is 9.10. The van der Waals surface area contributed by atoms with E-state index in [9.17, 15) is 14.0 Å². The Bertz CT molecular complexity index is 1510. The number of allylic oxidation sites excluding steroid dienone is 2. The van der Waals surface area contributed by atoms with Crippen LogP contribution in [0.25, 0.3) is 5.70 Å². The third kappa shape index (κ3) is 4.31. The number of ketones is 1. The number of rotatable bonds is 6. The zero-order valence-corrected chi connectivity index (χ0v) is 21.9. The lowest BCUT2D eigenvalue weighted by Crippen LogP contribution is -2.29. The van der Waals surface area contributed by atoms with Crippen molar-refractivity contribution in [3.05, 3.63) is 110 Å². The maximum absolute atomic E-state index is 13.6. The molecule has 2 aliphatic rings. The predicted octanol–water partition coefficient (Wildman–Crippen LogP) is 5.92. The fourth-order valence-corrected chi connectivity index (χ4v) is 5.45. The van der Waals surface area contributed by atoms with Crippen LogP contribution < -0.4 is 14.8 Å². The molecule has 0 amide bonds. The molecule has 0 radical (unpaired) electrons. The van der Waals surface area contributed by atoms with Gasteiger partial charge in [-0.15, -0.1) is 0 Å². The average Bonchev–Trinajstić information content (AvgIpc) is 3.17. The second-order valence-electron chi connectivity index (χ2n) is 8.70. The Kier molecular flexibility index (Phi) is 6.60. The van der Waals surface area contributed by atoms with Crippen LogP contribution in [0.15, 0.2) is 82.0 Å². The predicted molar refractivity (Wildman–Crippen MR) is 140 cm³/mol. The summed E-state index contributed by atoms with van der Waals surface area (Å²) in [5.41, 5.74) is 4.75. The van der Waals surface area contributed by atoms with Crippen molar-refractivity contribution in [2.45, 2.75) is 19.4 Å². The van der Waals surface area contributed by atoms with Crippen molar-refractivity contribution in [3.8, 4) is 11.5 Å². The van der Waals surface area contributed by atoms with Crippen LogP contribution in [-0.2, 0) is 16.1 Å². The van der Waals surface area contributed by atoms with Crippen LogP contribution in [0.3, 0.4) is 0 Å². The molecule has 1 atom stereocenters. The number of methoxy groups -OCH3 is 2. The van der Waals surface area contributed by atoms with E-state index in [-0.39, 0.29) is 18.2 Å². The standard InChI is InChI=1S/C29H23BrFNO5/c1-15-23(29(34)36-3)24(25-26(32-15)19-9-4-5-10-20(19)27(25)33)17-12-21(30)28(22(13-17)35-2)37-14-16-7-6-8-18(31)11-16/h4-13,24,32H,14H2,1-3H3/t24-/m1/s1. The number of dihydropyridines is 1. The highest BCUT2D eigenvalue weighted by atomic mass is 79.9. The Labute approximate surface area is 221 Å². The summed E-state index contributed by atoms with van der Waals surface area (Å²) in [5.74, 6) is -0.931. The highest BCUT2D eigenvalue weighted by Gasteiger charge is 2.43. The van der Waals surface area contributed by atoms with Gasteiger partial charge in [0.25, 0.3) is 0 Å². The van der Waals surface area contributed by atoms with Gasteiger partial charge in [-0.3, -0.25) is 4.79 Å². The molecule has 1 aliphatic heterocycles. The summed E-state index contributed by atoms with van der Waals surface area (Å²) in [5, 5.41) is 3.27. The zero-order valence-electron chi connectivity index (χ0n) is 20.4. The molecule has 1 heterocycles. The molecule has 0 aromatic heterocycles. The summed E-state index contributed by atoms with van der Waals surface area (Å²) in [6, 6.07) is 17.1. The van der Waals surface area contributed by atoms with E-state index in [0.717, 1.165) is 5.56 Å². The molecule has 1 aliphatic carbocycles. The molecule has 37 heavy (non-hydrogen) atoms. The Morgan fingerprint density at radius 1 is 1.05 bits per heavy atom. The number of hydrogen-bond donors (Lipinski definition) is 1. The van der Waals surface area contributed by atoms with Crippen molar-refractivity contribution < 1.29 is 28.2 Å². The Balaban J connectivity index is 1.60. The van der Waals surface area contributed by atoms with Gasteiger partial charge in [-0.25, -0.2) is 9.18 Å². The van der Waals surface area contributed by atoms with Gasteiger partial charge in [0.05, 0.1) is 30.0 Å². The second-order valence-corrected chi connectivity index (χ2v) is 9.56. The fourth-order valence-electron chi connectivity index (χ4n) is 4.87. The quantitative estimate of drug-likeness (QED) is 0.375. The zero-order chi connectivity index (χ0) is 26.3. The van der Waals surface area contributed by atoms with Gasteiger partial charge in [-0.1, -0.05) is 36.4 Å². The Morgan fingerprint density at radius 2 is 1.81 bits per heavy atom. The lowest BCUT2D eigenvalue weighted by atomic mass is 9.79. The number of hydrogen-bond acceptors (Lipinski definition) is 6. The molecule has 6 nitrogen and oxygen atoms in total. The average molecular weight is 564 g/mol. The second kappa shape index (κ2) is 9.86. The number of esters is 1. The van der Waals surface area contributed by atoms with Gasteiger partial charge in [0.1, 0.15) is 12.4 Å². The van der Waals surface area contributed by atoms with Crippen molar-refractivity contribution >= 4 is 33.4 Å². The van der Waals surface area contributed by atoms with Crippen molar-refractivity contribution in [1.82, 2.24) is 5.32 Å². The first-order valence-corrected chi connectivity index (χ1v) is 12.3. The topological polar surface area (TPSA) is 73.9 Å². The van der Waals surface area contributed by atoms with Crippen molar-refractivity contribution in [2.24, 2.45) is 0 Å². The molecule has 0 bridgehead atoms. The number of Topliss-reactive ketones (excluding diaryl/α,β-unsaturated/α-hetero) is 1. The van der Waals surface area contributed by atoms with Crippen LogP contribution in [0.2, 0.25) is 0 Å². The Morgan fingerprint density at radius 3 is 2.51 bits per heavy atom. The summed E-state index contributed by atoms with van der Waals surface area (Å²) >= 11 is 3.57. The van der Waals surface area contributed by atoms with E-state index in [0.29, 0.717) is 55.2 Å². The SMILES string of the molecule is COC(=O)C1=C(C)NC2=C(C(=O)c3ccccc32)[C@@H]1c1cc(Br)c(OCc2cccc(F)c2)c(OC)c1. The van der Waals surface area contributed by atoms with E-state index in [4.69, 9.17) is 14.2 Å². The van der Waals surface area contributed by atoms with E-state index < -0.39 is 11.9 Å². The first-order chi connectivity index (χ1) is 17.8. The molecule has 188 valence electrons. The van der Waals surface area contributed by atoms with Crippen LogP contribution in [0.5, 0.6) is 11.5 Å². The van der Waals surface area contributed by atoms with Crippen molar-refractivity contribution in [1.29, 1.82) is 0 Å². The molecule has 0 saturated heterocycles. The maximum Gasteiger partial charge on any atom is 0.336 e. The minimum atomic E-state index is -0.703. The van der Waals surface area contributed by atoms with Gasteiger partial charge in [-0.05, 0) is 58.2 Å². The molecule has 0 spiro atoms. The maximum atomic E-state index is 13.6. The minimum Gasteiger partial charge on any atom is -0.493 e. The minimum absolute atomic E-state index is 0.120. The van der Waals surface area contributed by atoms with Gasteiger partial charge in [0, 0.05) is 28.3 Å². The molecule has 1 N–H and O–H groups in total. The smallest absolute Gasteiger partial charge is 0.336 e. The van der Waals surface area contributed by atoms with Crippen LogP contribution in [-0.4, -0.2) is 26.0 Å². The first kappa shape index (κ1) is 24.8. The number of fused-ring (bicyclic) bond motifs is 2. The molecule has 0 unspecified atom stereocenters. The summed E-state index contributed by atoms with van der Waals surface area (Å²) in [6.45, 7) is 1.91. The van der Waals surface area contributed by atoms with E-state index in [1.807, 2.05) is 18.2 Å². The van der Waals surface area contributed by atoms with Crippen LogP contribution in [0.4, 0.5) is 4.39 Å². The monoisotopic (exact) mass is 563 g/mol. The number of carbonyl (C=O) groups is 2. The summed E-state index contributed by atoms with van der Waals surface area (Å²) < 4.78 is 30.9. The number of halogens is 2. The van der Waals surface area contributed by atoms with Gasteiger partial charge >= 0.3 is 5.97 Å². The summed E-state index contributed by atoms with van der Waals surface area (Å²) in [4.78, 5) is 26.6. The van der Waals surface area contributed by atoms with Gasteiger partial charge in [0.2, 0.25) is 0 Å². The molecule has 3 aromatic carbocycles. The molecular weight excluding hydrogens is 541 g/mol. The third-order valence-electron chi connectivity index (χ3n) is 6.51.